The summed E-state index contributed by atoms with van der Waals surface area (Å²) in [6, 6.07) is 7.86. The Morgan fingerprint density at radius 1 is 1.32 bits per heavy atom. The van der Waals surface area contributed by atoms with E-state index >= 15 is 0 Å². The molecule has 0 aliphatic carbocycles. The number of nitrogens with two attached hydrogens (primary N) is 2. The van der Waals surface area contributed by atoms with Crippen LogP contribution in [-0.2, 0) is 6.54 Å². The Balaban J connectivity index is 2.36. The summed E-state index contributed by atoms with van der Waals surface area (Å²) in [4.78, 5) is 22.7. The van der Waals surface area contributed by atoms with Crippen LogP contribution in [0, 0.1) is 6.92 Å². The van der Waals surface area contributed by atoms with Gasteiger partial charge < -0.3 is 11.5 Å². The van der Waals surface area contributed by atoms with E-state index in [1.807, 2.05) is 0 Å². The number of hydrogen-bond donors (Lipinski definition) is 2. The molecule has 0 saturated heterocycles. The average molecular weight is 258 g/mol. The van der Waals surface area contributed by atoms with Gasteiger partial charge in [0.1, 0.15) is 0 Å². The number of benzene rings is 1. The summed E-state index contributed by atoms with van der Waals surface area (Å²) in [5, 5.41) is 4.12. The number of carbonyl (C=O) groups excluding carboxylic acids is 1. The lowest BCUT2D eigenvalue weighted by molar-refractivity contribution is 0.100. The second kappa shape index (κ2) is 4.93. The molecule has 0 aliphatic heterocycles. The number of anilines is 1. The molecule has 0 fully saturated rings. The van der Waals surface area contributed by atoms with Crippen molar-refractivity contribution >= 4 is 11.6 Å². The topological polar surface area (TPSA) is 104 Å². The van der Waals surface area contributed by atoms with Crippen molar-refractivity contribution in [2.75, 3.05) is 5.73 Å². The highest BCUT2D eigenvalue weighted by Crippen LogP contribution is 2.14. The van der Waals surface area contributed by atoms with Gasteiger partial charge in [-0.15, -0.1) is 0 Å². The summed E-state index contributed by atoms with van der Waals surface area (Å²) in [5.74, 6) is -0.538. The van der Waals surface area contributed by atoms with Crippen molar-refractivity contribution in [3.63, 3.8) is 0 Å². The van der Waals surface area contributed by atoms with Crippen molar-refractivity contribution in [1.29, 1.82) is 0 Å². The number of hydrogen-bond acceptors (Lipinski definition) is 4. The molecule has 19 heavy (non-hydrogen) atoms. The highest BCUT2D eigenvalue weighted by molar-refractivity contribution is 5.93. The molecule has 6 heteroatoms. The number of carbonyl (C=O) groups is 1. The zero-order valence-electron chi connectivity index (χ0n) is 10.5. The lowest BCUT2D eigenvalue weighted by Crippen LogP contribution is -2.23. The number of aromatic nitrogens is 2. The van der Waals surface area contributed by atoms with Crippen molar-refractivity contribution < 1.29 is 4.79 Å². The van der Waals surface area contributed by atoms with E-state index < -0.39 is 5.91 Å². The molecular weight excluding hydrogens is 244 g/mol. The Morgan fingerprint density at radius 2 is 2.05 bits per heavy atom. The molecule has 0 spiro atoms. The van der Waals surface area contributed by atoms with E-state index in [9.17, 15) is 9.59 Å². The monoisotopic (exact) mass is 258 g/mol. The molecule has 0 unspecified atom stereocenters. The van der Waals surface area contributed by atoms with Gasteiger partial charge >= 0.3 is 0 Å². The average Bonchev–Trinajstić information content (AvgIpc) is 2.36. The molecule has 0 aliphatic rings. The van der Waals surface area contributed by atoms with E-state index in [2.05, 4.69) is 5.10 Å². The van der Waals surface area contributed by atoms with Crippen LogP contribution in [0.3, 0.4) is 0 Å². The lowest BCUT2D eigenvalue weighted by atomic mass is 10.1. The van der Waals surface area contributed by atoms with Gasteiger partial charge in [0, 0.05) is 17.3 Å². The summed E-state index contributed by atoms with van der Waals surface area (Å²) >= 11 is 0. The predicted molar refractivity (Wildman–Crippen MR) is 71.7 cm³/mol. The highest BCUT2D eigenvalue weighted by Gasteiger charge is 2.07. The first-order valence-electron chi connectivity index (χ1n) is 5.70. The fraction of sp³-hybridized carbons (Fsp3) is 0.154. The molecule has 0 atom stereocenters. The normalized spacial score (nSPS) is 10.4. The van der Waals surface area contributed by atoms with Crippen molar-refractivity contribution in [1.82, 2.24) is 9.78 Å². The molecule has 0 saturated carbocycles. The van der Waals surface area contributed by atoms with Crippen LogP contribution in [0.25, 0.3) is 0 Å². The van der Waals surface area contributed by atoms with Crippen molar-refractivity contribution in [2.24, 2.45) is 5.73 Å². The van der Waals surface area contributed by atoms with Crippen molar-refractivity contribution in [3.05, 3.63) is 57.5 Å². The van der Waals surface area contributed by atoms with Gasteiger partial charge in [-0.05, 0) is 30.7 Å². The van der Waals surface area contributed by atoms with Crippen LogP contribution in [0.15, 0.2) is 35.1 Å². The number of aryl methyl sites for hydroxylation is 1. The third-order valence-corrected chi connectivity index (χ3v) is 2.75. The molecule has 1 aromatic heterocycles. The molecule has 1 heterocycles. The van der Waals surface area contributed by atoms with Crippen LogP contribution in [0.2, 0.25) is 0 Å². The zero-order chi connectivity index (χ0) is 14.0. The Hall–Kier alpha value is -2.63. The molecule has 4 N–H and O–H groups in total. The van der Waals surface area contributed by atoms with Gasteiger partial charge in [0.2, 0.25) is 5.91 Å². The van der Waals surface area contributed by atoms with Crippen LogP contribution < -0.4 is 17.0 Å². The van der Waals surface area contributed by atoms with E-state index in [-0.39, 0.29) is 12.1 Å². The Labute approximate surface area is 109 Å². The van der Waals surface area contributed by atoms with Gasteiger partial charge in [-0.25, -0.2) is 4.68 Å². The fourth-order valence-corrected chi connectivity index (χ4v) is 1.72. The van der Waals surface area contributed by atoms with E-state index in [0.29, 0.717) is 16.8 Å². The largest absolute Gasteiger partial charge is 0.398 e. The van der Waals surface area contributed by atoms with Crippen LogP contribution in [0.1, 0.15) is 21.6 Å². The molecule has 0 bridgehead atoms. The van der Waals surface area contributed by atoms with Gasteiger partial charge in [-0.1, -0.05) is 6.07 Å². The highest BCUT2D eigenvalue weighted by atomic mass is 16.1. The summed E-state index contributed by atoms with van der Waals surface area (Å²) in [5.41, 5.74) is 13.0. The second-order valence-corrected chi connectivity index (χ2v) is 4.25. The minimum absolute atomic E-state index is 0.205. The summed E-state index contributed by atoms with van der Waals surface area (Å²) in [7, 11) is 0. The molecule has 1 aromatic carbocycles. The van der Waals surface area contributed by atoms with E-state index in [4.69, 9.17) is 11.5 Å². The maximum Gasteiger partial charge on any atom is 0.267 e. The van der Waals surface area contributed by atoms with Gasteiger partial charge in [0.25, 0.3) is 5.56 Å². The van der Waals surface area contributed by atoms with E-state index in [0.717, 1.165) is 5.69 Å². The van der Waals surface area contributed by atoms with Crippen LogP contribution >= 0.6 is 0 Å². The summed E-state index contributed by atoms with van der Waals surface area (Å²) in [6.45, 7) is 2.06. The molecule has 98 valence electrons. The minimum atomic E-state index is -0.538. The third kappa shape index (κ3) is 2.79. The molecule has 2 aromatic rings. The molecule has 0 radical (unpaired) electrons. The van der Waals surface area contributed by atoms with Crippen molar-refractivity contribution in [3.8, 4) is 0 Å². The number of rotatable bonds is 3. The van der Waals surface area contributed by atoms with Crippen LogP contribution in [-0.4, -0.2) is 15.7 Å². The maximum absolute atomic E-state index is 11.6. The quantitative estimate of drug-likeness (QED) is 0.771. The van der Waals surface area contributed by atoms with Gasteiger partial charge in [0.15, 0.2) is 0 Å². The second-order valence-electron chi connectivity index (χ2n) is 4.25. The van der Waals surface area contributed by atoms with Crippen LogP contribution in [0.4, 0.5) is 5.69 Å². The summed E-state index contributed by atoms with van der Waals surface area (Å²) in [6.07, 6.45) is 0. The fourth-order valence-electron chi connectivity index (χ4n) is 1.72. The Morgan fingerprint density at radius 3 is 2.68 bits per heavy atom. The third-order valence-electron chi connectivity index (χ3n) is 2.75. The number of amides is 1. The smallest absolute Gasteiger partial charge is 0.267 e. The maximum atomic E-state index is 11.6. The van der Waals surface area contributed by atoms with Crippen molar-refractivity contribution in [2.45, 2.75) is 13.5 Å². The SMILES string of the molecule is Cc1ccc(=O)n(Cc2ccc(C(N)=O)cc2N)n1. The predicted octanol–water partition coefficient (Wildman–Crippen LogP) is 0.281. The number of primary amides is 1. The standard InChI is InChI=1S/C13H14N4O2/c1-8-2-5-12(18)17(16-8)7-10-4-3-9(13(15)19)6-11(10)14/h2-6H,7,14H2,1H3,(H2,15,19). The summed E-state index contributed by atoms with van der Waals surface area (Å²) < 4.78 is 1.32. The van der Waals surface area contributed by atoms with E-state index in [1.165, 1.54) is 16.8 Å². The minimum Gasteiger partial charge on any atom is -0.398 e. The molecule has 6 nitrogen and oxygen atoms in total. The number of nitrogens with zero attached hydrogens (tertiary/aromatic N) is 2. The first-order chi connectivity index (χ1) is 8.97. The van der Waals surface area contributed by atoms with Gasteiger partial charge in [-0.2, -0.15) is 5.10 Å². The number of nitrogen functional groups attached to an aromatic ring is 1. The molecule has 2 rings (SSSR count). The zero-order valence-corrected chi connectivity index (χ0v) is 10.5. The lowest BCUT2D eigenvalue weighted by Gasteiger charge is -2.09. The van der Waals surface area contributed by atoms with Gasteiger partial charge in [-0.3, -0.25) is 9.59 Å². The Kier molecular flexibility index (Phi) is 3.33. The van der Waals surface area contributed by atoms with Gasteiger partial charge in [0.05, 0.1) is 12.2 Å². The molecule has 1 amide bonds. The molecular formula is C13H14N4O2. The first-order valence-corrected chi connectivity index (χ1v) is 5.70. The van der Waals surface area contributed by atoms with E-state index in [1.54, 1.807) is 25.1 Å². The Bertz CT molecular complexity index is 691. The van der Waals surface area contributed by atoms with Crippen LogP contribution in [0.5, 0.6) is 0 Å². The first kappa shape index (κ1) is 12.8.